The highest BCUT2D eigenvalue weighted by Gasteiger charge is 2.27. The van der Waals surface area contributed by atoms with Gasteiger partial charge in [-0.1, -0.05) is 0 Å². The van der Waals surface area contributed by atoms with Gasteiger partial charge in [-0.15, -0.1) is 0 Å². The number of carbonyl (C=O) groups excluding carboxylic acids is 1. The Labute approximate surface area is 122 Å². The van der Waals surface area contributed by atoms with Crippen LogP contribution in [0, 0.1) is 11.8 Å². The van der Waals surface area contributed by atoms with Crippen LogP contribution in [-0.2, 0) is 4.79 Å². The van der Waals surface area contributed by atoms with Gasteiger partial charge >= 0.3 is 0 Å². The Morgan fingerprint density at radius 1 is 1.10 bits per heavy atom. The Balaban J connectivity index is 1.28. The first-order chi connectivity index (χ1) is 9.79. The molecule has 2 N–H and O–H groups in total. The van der Waals surface area contributed by atoms with Crippen LogP contribution in [0.4, 0.5) is 0 Å². The monoisotopic (exact) mass is 279 g/mol. The molecule has 2 aliphatic heterocycles. The lowest BCUT2D eigenvalue weighted by Gasteiger charge is -2.32. The highest BCUT2D eigenvalue weighted by molar-refractivity contribution is 5.76. The standard InChI is InChI=1S/C16H29N3O/c20-16(4-3-13-5-8-17-11-13)18-15-6-9-19(10-7-15)12-14-1-2-14/h13-15,17H,1-12H2,(H,18,20). The van der Waals surface area contributed by atoms with Gasteiger partial charge < -0.3 is 15.5 Å². The van der Waals surface area contributed by atoms with Crippen LogP contribution >= 0.6 is 0 Å². The van der Waals surface area contributed by atoms with Gasteiger partial charge in [0.25, 0.3) is 0 Å². The molecule has 114 valence electrons. The van der Waals surface area contributed by atoms with Crippen molar-refractivity contribution in [2.45, 2.75) is 51.0 Å². The molecular formula is C16H29N3O. The number of piperidine rings is 1. The van der Waals surface area contributed by atoms with Gasteiger partial charge in [0.05, 0.1) is 0 Å². The van der Waals surface area contributed by atoms with Gasteiger partial charge in [-0.2, -0.15) is 0 Å². The first-order valence-corrected chi connectivity index (χ1v) is 8.52. The third kappa shape index (κ3) is 4.45. The third-order valence-electron chi connectivity index (χ3n) is 5.11. The van der Waals surface area contributed by atoms with E-state index >= 15 is 0 Å². The maximum atomic E-state index is 12.0. The minimum absolute atomic E-state index is 0.276. The Morgan fingerprint density at radius 2 is 1.90 bits per heavy atom. The van der Waals surface area contributed by atoms with Gasteiger partial charge in [-0.25, -0.2) is 0 Å². The molecule has 1 unspecified atom stereocenters. The number of hydrogen-bond donors (Lipinski definition) is 2. The van der Waals surface area contributed by atoms with E-state index in [-0.39, 0.29) is 5.91 Å². The summed E-state index contributed by atoms with van der Waals surface area (Å²) in [7, 11) is 0. The summed E-state index contributed by atoms with van der Waals surface area (Å²) >= 11 is 0. The van der Waals surface area contributed by atoms with E-state index in [9.17, 15) is 4.79 Å². The van der Waals surface area contributed by atoms with Crippen molar-refractivity contribution in [3.05, 3.63) is 0 Å². The minimum atomic E-state index is 0.276. The van der Waals surface area contributed by atoms with Crippen molar-refractivity contribution in [3.8, 4) is 0 Å². The molecule has 3 aliphatic rings. The van der Waals surface area contributed by atoms with Crippen molar-refractivity contribution in [1.29, 1.82) is 0 Å². The molecule has 3 fully saturated rings. The number of amides is 1. The summed E-state index contributed by atoms with van der Waals surface area (Å²) in [6.07, 6.45) is 8.17. The van der Waals surface area contributed by atoms with Crippen LogP contribution in [0.2, 0.25) is 0 Å². The third-order valence-corrected chi connectivity index (χ3v) is 5.11. The summed E-state index contributed by atoms with van der Waals surface area (Å²) in [5.41, 5.74) is 0. The van der Waals surface area contributed by atoms with E-state index in [0.717, 1.165) is 44.2 Å². The molecule has 0 spiro atoms. The van der Waals surface area contributed by atoms with Gasteiger partial charge in [-0.05, 0) is 63.5 Å². The molecule has 2 saturated heterocycles. The van der Waals surface area contributed by atoms with Crippen LogP contribution in [0.15, 0.2) is 0 Å². The predicted octanol–water partition coefficient (Wildman–Crippen LogP) is 1.37. The molecule has 2 heterocycles. The number of rotatable bonds is 6. The van der Waals surface area contributed by atoms with Crippen molar-refractivity contribution < 1.29 is 4.79 Å². The summed E-state index contributed by atoms with van der Waals surface area (Å²) in [6.45, 7) is 5.88. The van der Waals surface area contributed by atoms with Crippen molar-refractivity contribution in [2.24, 2.45) is 11.8 Å². The average Bonchev–Trinajstić information content (AvgIpc) is 3.11. The molecule has 4 nitrogen and oxygen atoms in total. The van der Waals surface area contributed by atoms with Crippen LogP contribution in [0.25, 0.3) is 0 Å². The van der Waals surface area contributed by atoms with Crippen molar-refractivity contribution in [1.82, 2.24) is 15.5 Å². The maximum absolute atomic E-state index is 12.0. The molecular weight excluding hydrogens is 250 g/mol. The molecule has 0 radical (unpaired) electrons. The molecule has 1 atom stereocenters. The number of nitrogens with zero attached hydrogens (tertiary/aromatic N) is 1. The van der Waals surface area contributed by atoms with Crippen LogP contribution in [0.5, 0.6) is 0 Å². The van der Waals surface area contributed by atoms with E-state index in [4.69, 9.17) is 0 Å². The first-order valence-electron chi connectivity index (χ1n) is 8.52. The fourth-order valence-corrected chi connectivity index (χ4v) is 3.52. The topological polar surface area (TPSA) is 44.4 Å². The molecule has 1 aliphatic carbocycles. The summed E-state index contributed by atoms with van der Waals surface area (Å²) in [5.74, 6) is 1.99. The first kappa shape index (κ1) is 14.3. The van der Waals surface area contributed by atoms with Gasteiger partial charge in [0.1, 0.15) is 0 Å². The maximum Gasteiger partial charge on any atom is 0.220 e. The Bertz CT molecular complexity index is 316. The fourth-order valence-electron chi connectivity index (χ4n) is 3.52. The van der Waals surface area contributed by atoms with E-state index in [1.54, 1.807) is 0 Å². The molecule has 0 bridgehead atoms. The van der Waals surface area contributed by atoms with E-state index in [1.807, 2.05) is 0 Å². The van der Waals surface area contributed by atoms with Gasteiger partial charge in [-0.3, -0.25) is 4.79 Å². The van der Waals surface area contributed by atoms with E-state index in [0.29, 0.717) is 12.5 Å². The summed E-state index contributed by atoms with van der Waals surface area (Å²) in [4.78, 5) is 14.6. The summed E-state index contributed by atoms with van der Waals surface area (Å²) in [6, 6.07) is 0.430. The number of hydrogen-bond acceptors (Lipinski definition) is 3. The van der Waals surface area contributed by atoms with Gasteiger partial charge in [0.2, 0.25) is 5.91 Å². The van der Waals surface area contributed by atoms with Crippen molar-refractivity contribution >= 4 is 5.91 Å². The lowest BCUT2D eigenvalue weighted by Crippen LogP contribution is -2.45. The van der Waals surface area contributed by atoms with Crippen LogP contribution in [0.1, 0.15) is 44.9 Å². The van der Waals surface area contributed by atoms with Gasteiger partial charge in [0, 0.05) is 32.1 Å². The van der Waals surface area contributed by atoms with Crippen LogP contribution < -0.4 is 10.6 Å². The quantitative estimate of drug-likeness (QED) is 0.772. The smallest absolute Gasteiger partial charge is 0.220 e. The van der Waals surface area contributed by atoms with Crippen LogP contribution in [0.3, 0.4) is 0 Å². The highest BCUT2D eigenvalue weighted by Crippen LogP contribution is 2.30. The molecule has 0 aromatic heterocycles. The van der Waals surface area contributed by atoms with Crippen molar-refractivity contribution in [2.75, 3.05) is 32.7 Å². The van der Waals surface area contributed by atoms with E-state index < -0.39 is 0 Å². The molecule has 3 rings (SSSR count). The van der Waals surface area contributed by atoms with Crippen LogP contribution in [-0.4, -0.2) is 49.6 Å². The molecule has 1 amide bonds. The van der Waals surface area contributed by atoms with E-state index in [1.165, 1.54) is 38.9 Å². The Hall–Kier alpha value is -0.610. The average molecular weight is 279 g/mol. The number of nitrogens with one attached hydrogen (secondary N) is 2. The second-order valence-electron chi connectivity index (χ2n) is 6.98. The Morgan fingerprint density at radius 3 is 2.55 bits per heavy atom. The number of likely N-dealkylation sites (tertiary alicyclic amines) is 1. The molecule has 4 heteroatoms. The van der Waals surface area contributed by atoms with E-state index in [2.05, 4.69) is 15.5 Å². The second-order valence-corrected chi connectivity index (χ2v) is 6.98. The van der Waals surface area contributed by atoms with Crippen molar-refractivity contribution in [3.63, 3.8) is 0 Å². The Kier molecular flexibility index (Phi) is 4.94. The molecule has 20 heavy (non-hydrogen) atoms. The lowest BCUT2D eigenvalue weighted by molar-refractivity contribution is -0.122. The zero-order chi connectivity index (χ0) is 13.8. The number of carbonyl (C=O) groups is 1. The normalized spacial score (nSPS) is 28.7. The second kappa shape index (κ2) is 6.90. The predicted molar refractivity (Wildman–Crippen MR) is 80.5 cm³/mol. The molecule has 1 saturated carbocycles. The summed E-state index contributed by atoms with van der Waals surface area (Å²) in [5, 5.41) is 6.61. The molecule has 0 aromatic rings. The largest absolute Gasteiger partial charge is 0.353 e. The lowest BCUT2D eigenvalue weighted by atomic mass is 10.0. The SMILES string of the molecule is O=C(CCC1CCNC1)NC1CCN(CC2CC2)CC1. The molecule has 0 aromatic carbocycles. The highest BCUT2D eigenvalue weighted by atomic mass is 16.1. The zero-order valence-corrected chi connectivity index (χ0v) is 12.6. The van der Waals surface area contributed by atoms with Gasteiger partial charge in [0.15, 0.2) is 0 Å². The zero-order valence-electron chi connectivity index (χ0n) is 12.6. The fraction of sp³-hybridized carbons (Fsp3) is 0.938. The summed E-state index contributed by atoms with van der Waals surface area (Å²) < 4.78 is 0. The minimum Gasteiger partial charge on any atom is -0.353 e.